The lowest BCUT2D eigenvalue weighted by atomic mass is 10.0. The van der Waals surface area contributed by atoms with Gasteiger partial charge in [0.15, 0.2) is 0 Å². The van der Waals surface area contributed by atoms with E-state index in [4.69, 9.17) is 11.6 Å². The van der Waals surface area contributed by atoms with Crippen molar-refractivity contribution in [3.63, 3.8) is 0 Å². The van der Waals surface area contributed by atoms with Crippen molar-refractivity contribution in [1.29, 1.82) is 0 Å². The summed E-state index contributed by atoms with van der Waals surface area (Å²) in [5.41, 5.74) is 1.92. The number of amides is 1. The van der Waals surface area contributed by atoms with Gasteiger partial charge in [0.05, 0.1) is 22.8 Å². The molecule has 0 atom stereocenters. The molecule has 1 aliphatic rings. The Morgan fingerprint density at radius 3 is 2.60 bits per heavy atom. The molecule has 1 N–H and O–H groups in total. The zero-order chi connectivity index (χ0) is 25.3. The Hall–Kier alpha value is -2.50. The van der Waals surface area contributed by atoms with E-state index in [1.807, 2.05) is 11.6 Å². The van der Waals surface area contributed by atoms with E-state index in [1.165, 1.54) is 18.2 Å². The minimum absolute atomic E-state index is 0.0243. The van der Waals surface area contributed by atoms with Gasteiger partial charge in [-0.1, -0.05) is 23.5 Å². The highest BCUT2D eigenvalue weighted by atomic mass is 35.5. The first-order valence-electron chi connectivity index (χ1n) is 10.8. The summed E-state index contributed by atoms with van der Waals surface area (Å²) in [6, 6.07) is 6.99. The number of piperidine rings is 1. The Labute approximate surface area is 208 Å². The van der Waals surface area contributed by atoms with Crippen LogP contribution in [0.25, 0.3) is 10.9 Å². The van der Waals surface area contributed by atoms with Crippen molar-refractivity contribution < 1.29 is 27.1 Å². The highest BCUT2D eigenvalue weighted by Crippen LogP contribution is 2.32. The minimum atomic E-state index is -4.79. The molecule has 0 aliphatic carbocycles. The van der Waals surface area contributed by atoms with Crippen LogP contribution < -0.4 is 9.46 Å². The number of nitrogens with one attached hydrogen (secondary N) is 1. The third-order valence-corrected chi connectivity index (χ3v) is 6.50. The van der Waals surface area contributed by atoms with Gasteiger partial charge in [0, 0.05) is 42.4 Å². The molecule has 1 fully saturated rings. The fraction of sp³-hybridized carbons (Fsp3) is 0.391. The van der Waals surface area contributed by atoms with Gasteiger partial charge in [-0.05, 0) is 49.6 Å². The average molecular weight is 531 g/mol. The number of fused-ring (bicyclic) bond motifs is 1. The zero-order valence-electron chi connectivity index (χ0n) is 19.0. The maximum Gasteiger partial charge on any atom is 0.573 e. The summed E-state index contributed by atoms with van der Waals surface area (Å²) in [7, 11) is 0. The Balaban J connectivity index is 1.47. The predicted octanol–water partition coefficient (Wildman–Crippen LogP) is 5.88. The van der Waals surface area contributed by atoms with Gasteiger partial charge in [0.2, 0.25) is 0 Å². The molecule has 4 rings (SSSR count). The van der Waals surface area contributed by atoms with Crippen LogP contribution >= 0.6 is 23.5 Å². The van der Waals surface area contributed by atoms with Crippen molar-refractivity contribution in [2.45, 2.75) is 38.7 Å². The van der Waals surface area contributed by atoms with Crippen molar-refractivity contribution >= 4 is 40.4 Å². The zero-order valence-corrected chi connectivity index (χ0v) is 20.5. The number of halogens is 5. The molecule has 0 bridgehead atoms. The number of carbonyl (C=O) groups is 1. The molecule has 1 aliphatic heterocycles. The molecule has 2 aromatic carbocycles. The Morgan fingerprint density at radius 2 is 1.94 bits per heavy atom. The first-order chi connectivity index (χ1) is 16.5. The highest BCUT2D eigenvalue weighted by molar-refractivity contribution is 7.97. The third-order valence-electron chi connectivity index (χ3n) is 5.89. The number of hydrogen-bond acceptors (Lipinski definition) is 5. The van der Waals surface area contributed by atoms with Gasteiger partial charge in [0.1, 0.15) is 11.6 Å². The van der Waals surface area contributed by atoms with Gasteiger partial charge in [-0.25, -0.2) is 4.39 Å². The van der Waals surface area contributed by atoms with Gasteiger partial charge >= 0.3 is 6.36 Å². The quantitative estimate of drug-likeness (QED) is 0.318. The van der Waals surface area contributed by atoms with Crippen LogP contribution in [0, 0.1) is 12.7 Å². The van der Waals surface area contributed by atoms with E-state index in [0.717, 1.165) is 36.2 Å². The molecular weight excluding hydrogens is 508 g/mol. The number of carbonyl (C=O) groups excluding carboxylic acids is 1. The number of rotatable bonds is 6. The standard InChI is InChI=1S/C23H23ClF4N4O2S/c1-13-18-10-19(22(33)30-35-2)20(25)11-21(18)32(29-13)16-3-5-31(6-4-16)12-14-7-15(24)9-17(8-14)34-23(26,27)28/h7-11,16H,3-6,12H2,1-2H3,(H,30,33). The maximum atomic E-state index is 14.7. The summed E-state index contributed by atoms with van der Waals surface area (Å²) >= 11 is 7.08. The normalized spacial score (nSPS) is 15.5. The van der Waals surface area contributed by atoms with Gasteiger partial charge in [-0.3, -0.25) is 19.1 Å². The number of ether oxygens (including phenoxy) is 1. The third kappa shape index (κ3) is 6.02. The molecular formula is C23H23ClF4N4O2S. The van der Waals surface area contributed by atoms with Gasteiger partial charge in [0.25, 0.3) is 5.91 Å². The van der Waals surface area contributed by atoms with E-state index in [-0.39, 0.29) is 22.4 Å². The second kappa shape index (κ2) is 10.2. The Morgan fingerprint density at radius 1 is 1.23 bits per heavy atom. The Bertz CT molecular complexity index is 1240. The molecule has 3 aromatic rings. The van der Waals surface area contributed by atoms with Crippen molar-refractivity contribution in [3.05, 3.63) is 58.0 Å². The van der Waals surface area contributed by atoms with Crippen molar-refractivity contribution in [1.82, 2.24) is 19.4 Å². The minimum Gasteiger partial charge on any atom is -0.406 e. The van der Waals surface area contributed by atoms with Gasteiger partial charge in [-0.15, -0.1) is 13.2 Å². The number of aryl methyl sites for hydroxylation is 1. The van der Waals surface area contributed by atoms with E-state index in [1.54, 1.807) is 12.3 Å². The molecule has 0 unspecified atom stereocenters. The molecule has 0 spiro atoms. The first-order valence-corrected chi connectivity index (χ1v) is 12.4. The molecule has 12 heteroatoms. The lowest BCUT2D eigenvalue weighted by molar-refractivity contribution is -0.274. The molecule has 0 saturated carbocycles. The smallest absolute Gasteiger partial charge is 0.406 e. The monoisotopic (exact) mass is 530 g/mol. The van der Waals surface area contributed by atoms with Crippen LogP contribution in [0.1, 0.15) is 40.5 Å². The van der Waals surface area contributed by atoms with Gasteiger partial charge < -0.3 is 4.74 Å². The summed E-state index contributed by atoms with van der Waals surface area (Å²) in [4.78, 5) is 14.3. The number of benzene rings is 2. The molecule has 0 radical (unpaired) electrons. The summed E-state index contributed by atoms with van der Waals surface area (Å²) < 4.78 is 60.8. The lowest BCUT2D eigenvalue weighted by Crippen LogP contribution is -2.34. The van der Waals surface area contributed by atoms with E-state index < -0.39 is 18.1 Å². The molecule has 35 heavy (non-hydrogen) atoms. The summed E-state index contributed by atoms with van der Waals surface area (Å²) in [5.74, 6) is -1.45. The molecule has 1 saturated heterocycles. The van der Waals surface area contributed by atoms with Gasteiger partial charge in [-0.2, -0.15) is 5.10 Å². The second-order valence-corrected chi connectivity index (χ2v) is 9.41. The lowest BCUT2D eigenvalue weighted by Gasteiger charge is -2.32. The molecule has 1 amide bonds. The van der Waals surface area contributed by atoms with Crippen LogP contribution in [0.15, 0.2) is 30.3 Å². The van der Waals surface area contributed by atoms with Crippen molar-refractivity contribution in [2.24, 2.45) is 0 Å². The fourth-order valence-electron chi connectivity index (χ4n) is 4.40. The van der Waals surface area contributed by atoms with E-state index >= 15 is 0 Å². The van der Waals surface area contributed by atoms with Crippen LogP contribution in [0.5, 0.6) is 5.75 Å². The van der Waals surface area contributed by atoms with Crippen LogP contribution in [0.3, 0.4) is 0 Å². The highest BCUT2D eigenvalue weighted by Gasteiger charge is 2.31. The van der Waals surface area contributed by atoms with E-state index in [0.29, 0.717) is 36.4 Å². The summed E-state index contributed by atoms with van der Waals surface area (Å²) in [6.07, 6.45) is -1.66. The molecule has 6 nitrogen and oxygen atoms in total. The van der Waals surface area contributed by atoms with Crippen LogP contribution in [-0.2, 0) is 6.54 Å². The number of aromatic nitrogens is 2. The largest absolute Gasteiger partial charge is 0.573 e. The predicted molar refractivity (Wildman–Crippen MR) is 127 cm³/mol. The number of hydrogen-bond donors (Lipinski definition) is 1. The fourth-order valence-corrected chi connectivity index (χ4v) is 4.94. The summed E-state index contributed by atoms with van der Waals surface area (Å²) in [5, 5.41) is 5.51. The first kappa shape index (κ1) is 25.6. The van der Waals surface area contributed by atoms with E-state index in [2.05, 4.69) is 19.5 Å². The number of nitrogens with zero attached hydrogens (tertiary/aromatic N) is 3. The van der Waals surface area contributed by atoms with Crippen LogP contribution in [-0.4, -0.2) is 46.3 Å². The summed E-state index contributed by atoms with van der Waals surface area (Å²) in [6.45, 7) is 3.58. The maximum absolute atomic E-state index is 14.7. The van der Waals surface area contributed by atoms with Crippen molar-refractivity contribution in [3.8, 4) is 5.75 Å². The second-order valence-electron chi connectivity index (χ2n) is 8.36. The number of alkyl halides is 3. The topological polar surface area (TPSA) is 59.4 Å². The van der Waals surface area contributed by atoms with E-state index in [9.17, 15) is 22.4 Å². The van der Waals surface area contributed by atoms with Crippen LogP contribution in [0.4, 0.5) is 17.6 Å². The molecule has 2 heterocycles. The average Bonchev–Trinajstić information content (AvgIpc) is 3.07. The van der Waals surface area contributed by atoms with Crippen molar-refractivity contribution in [2.75, 3.05) is 19.3 Å². The van der Waals surface area contributed by atoms with Crippen LogP contribution in [0.2, 0.25) is 5.02 Å². The molecule has 1 aromatic heterocycles. The number of likely N-dealkylation sites (tertiary alicyclic amines) is 1. The SMILES string of the molecule is CSNC(=O)c1cc2c(C)nn(C3CCN(Cc4cc(Cl)cc(OC(F)(F)F)c4)CC3)c2cc1F. The Kier molecular flexibility index (Phi) is 7.48. The molecule has 188 valence electrons.